The summed E-state index contributed by atoms with van der Waals surface area (Å²) in [7, 11) is 0. The normalized spacial score (nSPS) is 9.91. The Labute approximate surface area is 134 Å². The molecule has 4 nitrogen and oxygen atoms in total. The van der Waals surface area contributed by atoms with Crippen molar-refractivity contribution in [2.24, 2.45) is 0 Å². The first kappa shape index (κ1) is 14.7. The van der Waals surface area contributed by atoms with Crippen LogP contribution in [0.4, 0.5) is 4.79 Å². The quantitative estimate of drug-likeness (QED) is 0.750. The third-order valence-electron chi connectivity index (χ3n) is 3.24. The van der Waals surface area contributed by atoms with Gasteiger partial charge in [-0.3, -0.25) is 0 Å². The number of benzene rings is 2. The Balaban J connectivity index is 1.49. The molecule has 1 amide bonds. The molecule has 2 aromatic carbocycles. The van der Waals surface area contributed by atoms with Gasteiger partial charge in [0.25, 0.3) is 0 Å². The average molecular weight is 305 g/mol. The molecule has 0 bridgehead atoms. The van der Waals surface area contributed by atoms with Crippen molar-refractivity contribution in [3.05, 3.63) is 72.0 Å². The summed E-state index contributed by atoms with van der Waals surface area (Å²) < 4.78 is 10.5. The molecule has 23 heavy (non-hydrogen) atoms. The number of para-hydroxylation sites is 1. The van der Waals surface area contributed by atoms with E-state index < -0.39 is 6.09 Å². The summed E-state index contributed by atoms with van der Waals surface area (Å²) in [6, 6.07) is 17.2. The lowest BCUT2D eigenvalue weighted by Crippen LogP contribution is -2.24. The molecule has 0 aliphatic rings. The number of rotatable bonds is 3. The van der Waals surface area contributed by atoms with Crippen LogP contribution in [0.5, 0.6) is 0 Å². The monoisotopic (exact) mass is 305 g/mol. The fourth-order valence-electron chi connectivity index (χ4n) is 2.10. The van der Waals surface area contributed by atoms with Crippen molar-refractivity contribution in [2.45, 2.75) is 6.61 Å². The summed E-state index contributed by atoms with van der Waals surface area (Å²) in [6.45, 7) is 0.458. The van der Waals surface area contributed by atoms with Gasteiger partial charge in [-0.25, -0.2) is 4.79 Å². The lowest BCUT2D eigenvalue weighted by atomic mass is 10.2. The first-order chi connectivity index (χ1) is 11.3. The Kier molecular flexibility index (Phi) is 4.61. The van der Waals surface area contributed by atoms with Crippen molar-refractivity contribution in [2.75, 3.05) is 6.54 Å². The molecular weight excluding hydrogens is 290 g/mol. The maximum Gasteiger partial charge on any atom is 0.408 e. The minimum absolute atomic E-state index is 0.215. The van der Waals surface area contributed by atoms with Crippen LogP contribution >= 0.6 is 0 Å². The van der Waals surface area contributed by atoms with Gasteiger partial charge in [0.2, 0.25) is 0 Å². The van der Waals surface area contributed by atoms with E-state index in [1.165, 1.54) is 0 Å². The molecule has 0 spiro atoms. The van der Waals surface area contributed by atoms with E-state index in [4.69, 9.17) is 9.15 Å². The van der Waals surface area contributed by atoms with E-state index in [1.807, 2.05) is 54.6 Å². The van der Waals surface area contributed by atoms with Gasteiger partial charge in [0.05, 0.1) is 12.1 Å². The summed E-state index contributed by atoms with van der Waals surface area (Å²) in [5.74, 6) is 5.87. The van der Waals surface area contributed by atoms with E-state index in [0.717, 1.165) is 22.1 Å². The molecule has 0 radical (unpaired) electrons. The largest absolute Gasteiger partial charge is 0.463 e. The van der Waals surface area contributed by atoms with Crippen LogP contribution in [0.1, 0.15) is 11.1 Å². The van der Waals surface area contributed by atoms with Crippen LogP contribution in [0.25, 0.3) is 11.0 Å². The minimum Gasteiger partial charge on any atom is -0.463 e. The van der Waals surface area contributed by atoms with E-state index in [2.05, 4.69) is 17.2 Å². The van der Waals surface area contributed by atoms with Crippen LogP contribution in [0, 0.1) is 11.8 Å². The number of ether oxygens (including phenoxy) is 1. The summed E-state index contributed by atoms with van der Waals surface area (Å²) in [6.07, 6.45) is 1.13. The highest BCUT2D eigenvalue weighted by atomic mass is 16.5. The van der Waals surface area contributed by atoms with Crippen molar-refractivity contribution in [3.63, 3.8) is 0 Å². The SMILES string of the molecule is O=C(NCC#Cc1coc2ccccc12)OCc1ccccc1. The van der Waals surface area contributed by atoms with Gasteiger partial charge in [0, 0.05) is 5.39 Å². The van der Waals surface area contributed by atoms with Crippen molar-refractivity contribution in [3.8, 4) is 11.8 Å². The second-order valence-corrected chi connectivity index (χ2v) is 4.86. The number of nitrogens with one attached hydrogen (secondary N) is 1. The highest BCUT2D eigenvalue weighted by Gasteiger charge is 2.02. The molecule has 114 valence electrons. The van der Waals surface area contributed by atoms with Gasteiger partial charge < -0.3 is 14.5 Å². The standard InChI is InChI=1S/C19H15NO3/c21-19(23-13-15-7-2-1-3-8-15)20-12-6-9-16-14-22-18-11-5-4-10-17(16)18/h1-5,7-8,10-11,14H,12-13H2,(H,20,21). The number of carbonyl (C=O) groups excluding carboxylic acids is 1. The fraction of sp³-hybridized carbons (Fsp3) is 0.105. The highest BCUT2D eigenvalue weighted by Crippen LogP contribution is 2.19. The van der Waals surface area contributed by atoms with Crippen LogP contribution in [0.2, 0.25) is 0 Å². The Hall–Kier alpha value is -3.19. The van der Waals surface area contributed by atoms with Crippen LogP contribution < -0.4 is 5.32 Å². The number of fused-ring (bicyclic) bond motifs is 1. The predicted molar refractivity (Wildman–Crippen MR) is 87.7 cm³/mol. The number of alkyl carbamates (subject to hydrolysis) is 1. The van der Waals surface area contributed by atoms with Gasteiger partial charge in [-0.05, 0) is 17.7 Å². The number of carbonyl (C=O) groups is 1. The Morgan fingerprint density at radius 2 is 1.87 bits per heavy atom. The Morgan fingerprint density at radius 1 is 1.09 bits per heavy atom. The van der Waals surface area contributed by atoms with E-state index in [9.17, 15) is 4.79 Å². The third kappa shape index (κ3) is 3.92. The summed E-state index contributed by atoms with van der Waals surface area (Å²) in [4.78, 5) is 11.6. The molecular formula is C19H15NO3. The van der Waals surface area contributed by atoms with E-state index in [0.29, 0.717) is 0 Å². The first-order valence-electron chi connectivity index (χ1n) is 7.22. The van der Waals surface area contributed by atoms with Gasteiger partial charge in [-0.1, -0.05) is 54.3 Å². The van der Waals surface area contributed by atoms with Gasteiger partial charge in [-0.15, -0.1) is 0 Å². The molecule has 1 heterocycles. The molecule has 1 N–H and O–H groups in total. The maximum atomic E-state index is 11.6. The second kappa shape index (κ2) is 7.19. The third-order valence-corrected chi connectivity index (χ3v) is 3.24. The van der Waals surface area contributed by atoms with E-state index >= 15 is 0 Å². The Bertz CT molecular complexity index is 856. The molecule has 0 saturated carbocycles. The fourth-order valence-corrected chi connectivity index (χ4v) is 2.10. The maximum absolute atomic E-state index is 11.6. The second-order valence-electron chi connectivity index (χ2n) is 4.86. The van der Waals surface area contributed by atoms with Gasteiger partial charge in [0.15, 0.2) is 0 Å². The zero-order chi connectivity index (χ0) is 15.9. The molecule has 0 saturated heterocycles. The first-order valence-corrected chi connectivity index (χ1v) is 7.22. The van der Waals surface area contributed by atoms with Crippen LogP contribution in [-0.2, 0) is 11.3 Å². The lowest BCUT2D eigenvalue weighted by Gasteiger charge is -2.04. The van der Waals surface area contributed by atoms with Crippen molar-refractivity contribution in [1.82, 2.24) is 5.32 Å². The lowest BCUT2D eigenvalue weighted by molar-refractivity contribution is 0.141. The van der Waals surface area contributed by atoms with E-state index in [1.54, 1.807) is 6.26 Å². The molecule has 4 heteroatoms. The number of furan rings is 1. The minimum atomic E-state index is -0.486. The topological polar surface area (TPSA) is 51.5 Å². The summed E-state index contributed by atoms with van der Waals surface area (Å²) in [5, 5.41) is 3.56. The number of hydrogen-bond acceptors (Lipinski definition) is 3. The van der Waals surface area contributed by atoms with Gasteiger partial charge >= 0.3 is 6.09 Å². The number of amides is 1. The van der Waals surface area contributed by atoms with Crippen molar-refractivity contribution < 1.29 is 13.9 Å². The van der Waals surface area contributed by atoms with Crippen LogP contribution in [-0.4, -0.2) is 12.6 Å². The Morgan fingerprint density at radius 3 is 2.74 bits per heavy atom. The predicted octanol–water partition coefficient (Wildman–Crippen LogP) is 3.71. The van der Waals surface area contributed by atoms with Crippen molar-refractivity contribution in [1.29, 1.82) is 0 Å². The van der Waals surface area contributed by atoms with Crippen molar-refractivity contribution >= 4 is 17.1 Å². The zero-order valence-corrected chi connectivity index (χ0v) is 12.4. The summed E-state index contributed by atoms with van der Waals surface area (Å²) in [5.41, 5.74) is 2.55. The highest BCUT2D eigenvalue weighted by molar-refractivity contribution is 5.83. The zero-order valence-electron chi connectivity index (χ0n) is 12.4. The van der Waals surface area contributed by atoms with Crippen LogP contribution in [0.15, 0.2) is 65.3 Å². The molecule has 0 fully saturated rings. The smallest absolute Gasteiger partial charge is 0.408 e. The van der Waals surface area contributed by atoms with Crippen LogP contribution in [0.3, 0.4) is 0 Å². The summed E-state index contributed by atoms with van der Waals surface area (Å²) >= 11 is 0. The molecule has 0 aliphatic heterocycles. The van der Waals surface area contributed by atoms with Gasteiger partial charge in [0.1, 0.15) is 18.5 Å². The molecule has 0 unspecified atom stereocenters. The van der Waals surface area contributed by atoms with E-state index in [-0.39, 0.29) is 13.2 Å². The van der Waals surface area contributed by atoms with Gasteiger partial charge in [-0.2, -0.15) is 0 Å². The molecule has 3 aromatic rings. The molecule has 1 aromatic heterocycles. The average Bonchev–Trinajstić information content (AvgIpc) is 3.01. The molecule has 0 atom stereocenters. The molecule has 0 aliphatic carbocycles. The molecule has 3 rings (SSSR count). The number of hydrogen-bond donors (Lipinski definition) is 1.